The van der Waals surface area contributed by atoms with Gasteiger partial charge in [0.1, 0.15) is 6.33 Å². The number of H-pyrrole nitrogens is 1. The van der Waals surface area contributed by atoms with Crippen molar-refractivity contribution in [3.8, 4) is 0 Å². The lowest BCUT2D eigenvalue weighted by atomic mass is 10.3. The molecule has 2 unspecified atom stereocenters. The molecule has 11 nitrogen and oxygen atoms in total. The van der Waals surface area contributed by atoms with Crippen molar-refractivity contribution in [2.75, 3.05) is 5.73 Å². The molecule has 2 heterocycles. The summed E-state index contributed by atoms with van der Waals surface area (Å²) in [6, 6.07) is 0. The van der Waals surface area contributed by atoms with Crippen LogP contribution in [0.5, 0.6) is 0 Å². The molecule has 0 saturated carbocycles. The monoisotopic (exact) mass is 355 g/mol. The molecular weight excluding hydrogens is 334 g/mol. The van der Waals surface area contributed by atoms with Gasteiger partial charge >= 0.3 is 6.16 Å². The van der Waals surface area contributed by atoms with E-state index >= 15 is 0 Å². The first-order valence-corrected chi connectivity index (χ1v) is 7.75. The number of aliphatic hydroxyl groups is 1. The Hall–Kier alpha value is -2.66. The van der Waals surface area contributed by atoms with Crippen molar-refractivity contribution >= 4 is 23.3 Å². The summed E-state index contributed by atoms with van der Waals surface area (Å²) in [5.74, 6) is -0.122. The summed E-state index contributed by atoms with van der Waals surface area (Å²) in [7, 11) is 0. The van der Waals surface area contributed by atoms with Gasteiger partial charge in [0.2, 0.25) is 12.2 Å². The maximum atomic E-state index is 11.9. The maximum Gasteiger partial charge on any atom is 0.514 e. The van der Waals surface area contributed by atoms with E-state index in [4.69, 9.17) is 19.9 Å². The summed E-state index contributed by atoms with van der Waals surface area (Å²) in [4.78, 5) is 33.9. The van der Waals surface area contributed by atoms with Crippen molar-refractivity contribution in [3.63, 3.8) is 0 Å². The van der Waals surface area contributed by atoms with E-state index in [0.29, 0.717) is 6.42 Å². The molecule has 0 amide bonds. The summed E-state index contributed by atoms with van der Waals surface area (Å²) in [5, 5.41) is 9.53. The largest absolute Gasteiger partial charge is 0.514 e. The van der Waals surface area contributed by atoms with Crippen LogP contribution in [0.1, 0.15) is 40.0 Å². The summed E-state index contributed by atoms with van der Waals surface area (Å²) in [6.45, 7) is 5.27. The number of carbonyl (C=O) groups excluding carboxylic acids is 1. The van der Waals surface area contributed by atoms with Gasteiger partial charge in [-0.3, -0.25) is 14.3 Å². The number of nitrogens with two attached hydrogens (primary N) is 1. The van der Waals surface area contributed by atoms with E-state index in [0.717, 1.165) is 0 Å². The minimum atomic E-state index is -1.31. The second-order valence-corrected chi connectivity index (χ2v) is 5.50. The predicted octanol–water partition coefficient (Wildman–Crippen LogP) is 0.855. The highest BCUT2D eigenvalue weighted by molar-refractivity contribution is 5.70. The topological polar surface area (TPSA) is 155 Å². The van der Waals surface area contributed by atoms with Crippen LogP contribution < -0.4 is 11.3 Å². The Labute approximate surface area is 142 Å². The van der Waals surface area contributed by atoms with E-state index in [-0.39, 0.29) is 29.6 Å². The van der Waals surface area contributed by atoms with Crippen LogP contribution in [0.3, 0.4) is 0 Å². The molecule has 0 aliphatic rings. The van der Waals surface area contributed by atoms with Gasteiger partial charge in [0, 0.05) is 6.42 Å². The van der Waals surface area contributed by atoms with Gasteiger partial charge in [-0.15, -0.1) is 0 Å². The molecule has 2 aromatic heterocycles. The van der Waals surface area contributed by atoms with E-state index in [1.165, 1.54) is 10.9 Å². The zero-order valence-corrected chi connectivity index (χ0v) is 14.1. The van der Waals surface area contributed by atoms with Gasteiger partial charge in [-0.05, 0) is 13.8 Å². The minimum absolute atomic E-state index is 0.00883. The van der Waals surface area contributed by atoms with E-state index < -0.39 is 24.4 Å². The highest BCUT2D eigenvalue weighted by atomic mass is 16.8. The standard InChI is InChI=1S/C14H21N5O6/c1-4-5-8(20)24-14(22)25-13(23-7(2)3)19-6-16-9-10(19)17-12(15)18-11(9)21/h6-8,13,20H,4-5H2,1-3H3,(H3,15,17,18,21). The first kappa shape index (κ1) is 18.7. The van der Waals surface area contributed by atoms with Crippen molar-refractivity contribution < 1.29 is 24.1 Å². The molecule has 0 spiro atoms. The van der Waals surface area contributed by atoms with E-state index in [1.54, 1.807) is 13.8 Å². The number of imidazole rings is 1. The van der Waals surface area contributed by atoms with Crippen LogP contribution in [0, 0.1) is 0 Å². The smallest absolute Gasteiger partial charge is 0.404 e. The summed E-state index contributed by atoms with van der Waals surface area (Å²) in [5.41, 5.74) is 5.09. The lowest BCUT2D eigenvalue weighted by molar-refractivity contribution is -0.198. The number of hydrogen-bond donors (Lipinski definition) is 3. The van der Waals surface area contributed by atoms with Crippen molar-refractivity contribution in [2.45, 2.75) is 52.4 Å². The number of fused-ring (bicyclic) bond motifs is 1. The fourth-order valence-electron chi connectivity index (χ4n) is 2.01. The number of anilines is 1. The zero-order valence-electron chi connectivity index (χ0n) is 14.1. The molecule has 138 valence electrons. The number of carbonyl (C=O) groups is 1. The SMILES string of the molecule is CCCC(O)OC(=O)OC(OC(C)C)n1cnc2c(=O)[nH]c(N)nc21. The zero-order chi connectivity index (χ0) is 18.6. The number of aromatic amines is 1. The lowest BCUT2D eigenvalue weighted by Crippen LogP contribution is -2.26. The first-order valence-electron chi connectivity index (χ1n) is 7.75. The molecular formula is C14H21N5O6. The third kappa shape index (κ3) is 4.67. The van der Waals surface area contributed by atoms with Gasteiger partial charge in [0.25, 0.3) is 12.0 Å². The van der Waals surface area contributed by atoms with Crippen LogP contribution in [-0.2, 0) is 14.2 Å². The molecule has 25 heavy (non-hydrogen) atoms. The third-order valence-corrected chi connectivity index (χ3v) is 3.03. The van der Waals surface area contributed by atoms with Crippen LogP contribution >= 0.6 is 0 Å². The van der Waals surface area contributed by atoms with Crippen LogP contribution in [0.15, 0.2) is 11.1 Å². The second kappa shape index (κ2) is 7.94. The van der Waals surface area contributed by atoms with Gasteiger partial charge in [0.15, 0.2) is 11.2 Å². The Morgan fingerprint density at radius 3 is 2.80 bits per heavy atom. The summed E-state index contributed by atoms with van der Waals surface area (Å²) in [6.07, 6.45) is -1.94. The molecule has 0 bridgehead atoms. The molecule has 0 radical (unpaired) electrons. The fourth-order valence-corrected chi connectivity index (χ4v) is 2.01. The Morgan fingerprint density at radius 2 is 2.16 bits per heavy atom. The van der Waals surface area contributed by atoms with E-state index in [2.05, 4.69) is 15.0 Å². The number of hydrogen-bond acceptors (Lipinski definition) is 9. The number of nitrogens with one attached hydrogen (secondary N) is 1. The van der Waals surface area contributed by atoms with Crippen LogP contribution in [-0.4, -0.2) is 43.2 Å². The highest BCUT2D eigenvalue weighted by Crippen LogP contribution is 2.19. The van der Waals surface area contributed by atoms with Crippen LogP contribution in [0.2, 0.25) is 0 Å². The van der Waals surface area contributed by atoms with Crippen LogP contribution in [0.4, 0.5) is 10.7 Å². The quantitative estimate of drug-likeness (QED) is 0.484. The summed E-state index contributed by atoms with van der Waals surface area (Å²) < 4.78 is 16.6. The van der Waals surface area contributed by atoms with Gasteiger partial charge in [-0.1, -0.05) is 13.3 Å². The average molecular weight is 355 g/mol. The lowest BCUT2D eigenvalue weighted by Gasteiger charge is -2.22. The Morgan fingerprint density at radius 1 is 1.44 bits per heavy atom. The fraction of sp³-hybridized carbons (Fsp3) is 0.571. The highest BCUT2D eigenvalue weighted by Gasteiger charge is 2.24. The van der Waals surface area contributed by atoms with Gasteiger partial charge < -0.3 is 25.1 Å². The molecule has 0 aromatic carbocycles. The van der Waals surface area contributed by atoms with Gasteiger partial charge in [-0.2, -0.15) is 4.98 Å². The minimum Gasteiger partial charge on any atom is -0.404 e. The molecule has 2 rings (SSSR count). The number of aliphatic hydroxyl groups excluding tert-OH is 1. The number of ether oxygens (including phenoxy) is 3. The predicted molar refractivity (Wildman–Crippen MR) is 86.3 cm³/mol. The third-order valence-electron chi connectivity index (χ3n) is 3.03. The van der Waals surface area contributed by atoms with Crippen molar-refractivity contribution in [3.05, 3.63) is 16.7 Å². The molecule has 4 N–H and O–H groups in total. The molecule has 0 fully saturated rings. The molecule has 0 saturated heterocycles. The van der Waals surface area contributed by atoms with Gasteiger partial charge in [-0.25, -0.2) is 9.78 Å². The molecule has 2 aromatic rings. The number of nitrogens with zero attached hydrogens (tertiary/aromatic N) is 3. The summed E-state index contributed by atoms with van der Waals surface area (Å²) >= 11 is 0. The Bertz CT molecular complexity index is 786. The maximum absolute atomic E-state index is 11.9. The Kier molecular flexibility index (Phi) is 5.93. The van der Waals surface area contributed by atoms with E-state index in [1.807, 2.05) is 6.92 Å². The second-order valence-electron chi connectivity index (χ2n) is 5.50. The Balaban J connectivity index is 2.29. The molecule has 0 aliphatic carbocycles. The molecule has 2 atom stereocenters. The number of nitrogen functional groups attached to an aromatic ring is 1. The van der Waals surface area contributed by atoms with Crippen molar-refractivity contribution in [1.29, 1.82) is 0 Å². The average Bonchev–Trinajstić information content (AvgIpc) is 2.90. The van der Waals surface area contributed by atoms with Gasteiger partial charge in [0.05, 0.1) is 6.10 Å². The van der Waals surface area contributed by atoms with Crippen LogP contribution in [0.25, 0.3) is 11.2 Å². The molecule has 0 aliphatic heterocycles. The van der Waals surface area contributed by atoms with Crippen molar-refractivity contribution in [1.82, 2.24) is 19.5 Å². The molecule has 11 heteroatoms. The number of aromatic nitrogens is 4. The normalized spacial score (nSPS) is 13.8. The van der Waals surface area contributed by atoms with E-state index in [9.17, 15) is 14.7 Å². The first-order chi connectivity index (χ1) is 11.8. The van der Waals surface area contributed by atoms with Crippen molar-refractivity contribution in [2.24, 2.45) is 0 Å². The number of rotatable bonds is 7.